The Morgan fingerprint density at radius 2 is 1.66 bits per heavy atom. The number of rotatable bonds is 7. The van der Waals surface area contributed by atoms with Crippen molar-refractivity contribution in [2.75, 3.05) is 12.4 Å². The van der Waals surface area contributed by atoms with Gasteiger partial charge in [0.1, 0.15) is 6.61 Å². The zero-order chi connectivity index (χ0) is 20.6. The van der Waals surface area contributed by atoms with Gasteiger partial charge in [0.25, 0.3) is 0 Å². The lowest BCUT2D eigenvalue weighted by Gasteiger charge is -2.11. The first-order valence-corrected chi connectivity index (χ1v) is 8.99. The minimum Gasteiger partial charge on any atom is -0.494 e. The van der Waals surface area contributed by atoms with Gasteiger partial charge >= 0.3 is 5.97 Å². The molecule has 0 aliphatic heterocycles. The van der Waals surface area contributed by atoms with Crippen LogP contribution in [0.4, 0.5) is 10.1 Å². The lowest BCUT2D eigenvalue weighted by atomic mass is 10.1. The van der Waals surface area contributed by atoms with Gasteiger partial charge < -0.3 is 14.8 Å². The standard InChI is InChI=1S/C23H20FNO4/c1-28-21-12-11-17(13-19(21)24)15-29-23(27)18-9-5-6-10-20(18)25-22(26)14-16-7-3-2-4-8-16/h2-13H,14-15H2,1H3,(H,25,26). The van der Waals surface area contributed by atoms with E-state index in [9.17, 15) is 14.0 Å². The van der Waals surface area contributed by atoms with Gasteiger partial charge in [-0.05, 0) is 35.4 Å². The Morgan fingerprint density at radius 1 is 0.931 bits per heavy atom. The Hall–Kier alpha value is -3.67. The van der Waals surface area contributed by atoms with Crippen LogP contribution in [0.3, 0.4) is 0 Å². The van der Waals surface area contributed by atoms with E-state index in [-0.39, 0.29) is 30.2 Å². The number of carbonyl (C=O) groups is 2. The SMILES string of the molecule is COc1ccc(COC(=O)c2ccccc2NC(=O)Cc2ccccc2)cc1F. The van der Waals surface area contributed by atoms with Gasteiger partial charge in [0.15, 0.2) is 11.6 Å². The van der Waals surface area contributed by atoms with E-state index < -0.39 is 11.8 Å². The van der Waals surface area contributed by atoms with Crippen LogP contribution in [0, 0.1) is 5.82 Å². The molecule has 148 valence electrons. The number of ether oxygens (including phenoxy) is 2. The van der Waals surface area contributed by atoms with Crippen LogP contribution in [-0.4, -0.2) is 19.0 Å². The molecule has 0 bridgehead atoms. The number of benzene rings is 3. The van der Waals surface area contributed by atoms with E-state index in [0.717, 1.165) is 5.56 Å². The zero-order valence-corrected chi connectivity index (χ0v) is 15.9. The molecular weight excluding hydrogens is 373 g/mol. The highest BCUT2D eigenvalue weighted by atomic mass is 19.1. The third-order valence-electron chi connectivity index (χ3n) is 4.21. The molecule has 1 N–H and O–H groups in total. The Morgan fingerprint density at radius 3 is 2.38 bits per heavy atom. The summed E-state index contributed by atoms with van der Waals surface area (Å²) in [6.45, 7) is -0.105. The Kier molecular flexibility index (Phi) is 6.58. The van der Waals surface area contributed by atoms with Crippen LogP contribution >= 0.6 is 0 Å². The third-order valence-corrected chi connectivity index (χ3v) is 4.21. The fourth-order valence-electron chi connectivity index (χ4n) is 2.77. The summed E-state index contributed by atoms with van der Waals surface area (Å²) in [5.41, 5.74) is 1.94. The maximum atomic E-state index is 13.8. The van der Waals surface area contributed by atoms with Gasteiger partial charge in [0, 0.05) is 0 Å². The van der Waals surface area contributed by atoms with E-state index >= 15 is 0 Å². The maximum absolute atomic E-state index is 13.8. The summed E-state index contributed by atoms with van der Waals surface area (Å²) in [5.74, 6) is -1.27. The average molecular weight is 393 g/mol. The van der Waals surface area contributed by atoms with Crippen LogP contribution in [-0.2, 0) is 22.6 Å². The lowest BCUT2D eigenvalue weighted by molar-refractivity contribution is -0.115. The average Bonchev–Trinajstić information content (AvgIpc) is 2.73. The van der Waals surface area contributed by atoms with Crippen molar-refractivity contribution in [3.63, 3.8) is 0 Å². The van der Waals surface area contributed by atoms with Gasteiger partial charge in [-0.1, -0.05) is 48.5 Å². The summed E-state index contributed by atoms with van der Waals surface area (Å²) in [4.78, 5) is 24.8. The fourth-order valence-corrected chi connectivity index (χ4v) is 2.77. The van der Waals surface area contributed by atoms with Crippen molar-refractivity contribution in [3.8, 4) is 5.75 Å². The van der Waals surface area contributed by atoms with Crippen LogP contribution in [0.5, 0.6) is 5.75 Å². The van der Waals surface area contributed by atoms with Gasteiger partial charge in [-0.25, -0.2) is 9.18 Å². The molecule has 0 aliphatic carbocycles. The van der Waals surface area contributed by atoms with Crippen molar-refractivity contribution in [2.45, 2.75) is 13.0 Å². The molecule has 0 aromatic heterocycles. The smallest absolute Gasteiger partial charge is 0.340 e. The molecule has 0 aliphatic rings. The molecule has 3 aromatic carbocycles. The molecule has 0 atom stereocenters. The van der Waals surface area contributed by atoms with Crippen molar-refractivity contribution in [1.82, 2.24) is 0 Å². The Bertz CT molecular complexity index is 1000. The Labute approximate surface area is 168 Å². The molecule has 1 amide bonds. The number of methoxy groups -OCH3 is 1. The van der Waals surface area contributed by atoms with Gasteiger partial charge in [0.05, 0.1) is 24.8 Å². The van der Waals surface area contributed by atoms with Crippen LogP contribution in [0.25, 0.3) is 0 Å². The van der Waals surface area contributed by atoms with Crippen LogP contribution < -0.4 is 10.1 Å². The maximum Gasteiger partial charge on any atom is 0.340 e. The molecule has 0 fully saturated rings. The van der Waals surface area contributed by atoms with Crippen LogP contribution in [0.2, 0.25) is 0 Å². The van der Waals surface area contributed by atoms with Crippen molar-refractivity contribution in [3.05, 3.63) is 95.3 Å². The zero-order valence-electron chi connectivity index (χ0n) is 15.9. The summed E-state index contributed by atoms with van der Waals surface area (Å²) in [6.07, 6.45) is 0.190. The predicted molar refractivity (Wildman–Crippen MR) is 107 cm³/mol. The van der Waals surface area contributed by atoms with Gasteiger partial charge in [0.2, 0.25) is 5.91 Å². The molecule has 0 heterocycles. The number of para-hydroxylation sites is 1. The van der Waals surface area contributed by atoms with Crippen LogP contribution in [0.1, 0.15) is 21.5 Å². The molecule has 6 heteroatoms. The molecule has 3 rings (SSSR count). The van der Waals surface area contributed by atoms with E-state index in [4.69, 9.17) is 9.47 Å². The summed E-state index contributed by atoms with van der Waals surface area (Å²) in [5, 5.41) is 2.75. The van der Waals surface area contributed by atoms with E-state index in [1.165, 1.54) is 19.2 Å². The summed E-state index contributed by atoms with van der Waals surface area (Å²) in [7, 11) is 1.38. The first-order chi connectivity index (χ1) is 14.1. The molecule has 3 aromatic rings. The summed E-state index contributed by atoms with van der Waals surface area (Å²) >= 11 is 0. The fraction of sp³-hybridized carbons (Fsp3) is 0.130. The number of hydrogen-bond acceptors (Lipinski definition) is 4. The van der Waals surface area contributed by atoms with Gasteiger partial charge in [-0.2, -0.15) is 0 Å². The number of halogens is 1. The van der Waals surface area contributed by atoms with Gasteiger partial charge in [-0.3, -0.25) is 4.79 Å². The number of carbonyl (C=O) groups excluding carboxylic acids is 2. The third kappa shape index (κ3) is 5.42. The number of anilines is 1. The molecule has 29 heavy (non-hydrogen) atoms. The number of nitrogens with one attached hydrogen (secondary N) is 1. The Balaban J connectivity index is 1.65. The molecule has 5 nitrogen and oxygen atoms in total. The normalized spacial score (nSPS) is 10.3. The molecule has 0 unspecified atom stereocenters. The molecule has 0 radical (unpaired) electrons. The van der Waals surface area contributed by atoms with E-state index in [1.54, 1.807) is 30.3 Å². The van der Waals surface area contributed by atoms with E-state index in [0.29, 0.717) is 11.3 Å². The number of amides is 1. The number of hydrogen-bond donors (Lipinski definition) is 1. The minimum atomic E-state index is -0.614. The predicted octanol–water partition coefficient (Wildman–Crippen LogP) is 4.37. The quantitative estimate of drug-likeness (QED) is 0.606. The molecule has 0 spiro atoms. The molecular formula is C23H20FNO4. The second kappa shape index (κ2) is 9.50. The van der Waals surface area contributed by atoms with Gasteiger partial charge in [-0.15, -0.1) is 0 Å². The largest absolute Gasteiger partial charge is 0.494 e. The number of esters is 1. The van der Waals surface area contributed by atoms with E-state index in [2.05, 4.69) is 5.32 Å². The first-order valence-electron chi connectivity index (χ1n) is 8.99. The summed E-state index contributed by atoms with van der Waals surface area (Å²) in [6, 6.07) is 20.2. The highest BCUT2D eigenvalue weighted by Gasteiger charge is 2.15. The van der Waals surface area contributed by atoms with Crippen molar-refractivity contribution in [2.24, 2.45) is 0 Å². The van der Waals surface area contributed by atoms with Crippen LogP contribution in [0.15, 0.2) is 72.8 Å². The van der Waals surface area contributed by atoms with Crippen molar-refractivity contribution in [1.29, 1.82) is 0 Å². The summed E-state index contributed by atoms with van der Waals surface area (Å²) < 4.78 is 23.9. The van der Waals surface area contributed by atoms with Crippen molar-refractivity contribution < 1.29 is 23.5 Å². The molecule has 0 saturated heterocycles. The highest BCUT2D eigenvalue weighted by molar-refractivity contribution is 6.01. The second-order valence-corrected chi connectivity index (χ2v) is 6.30. The monoisotopic (exact) mass is 393 g/mol. The minimum absolute atomic E-state index is 0.105. The van der Waals surface area contributed by atoms with Crippen molar-refractivity contribution >= 4 is 17.6 Å². The first kappa shape index (κ1) is 20.1. The highest BCUT2D eigenvalue weighted by Crippen LogP contribution is 2.20. The second-order valence-electron chi connectivity index (χ2n) is 6.30. The van der Waals surface area contributed by atoms with E-state index in [1.807, 2.05) is 30.3 Å². The lowest BCUT2D eigenvalue weighted by Crippen LogP contribution is -2.17. The molecule has 0 saturated carbocycles. The topological polar surface area (TPSA) is 64.6 Å².